The number of alkyl halides is 3. The lowest BCUT2D eigenvalue weighted by Gasteiger charge is -2.24. The van der Waals surface area contributed by atoms with Crippen molar-refractivity contribution in [2.24, 2.45) is 0 Å². The van der Waals surface area contributed by atoms with E-state index in [1.165, 1.54) is 12.1 Å². The highest BCUT2D eigenvalue weighted by atomic mass is 19.4. The first-order chi connectivity index (χ1) is 13.6. The van der Waals surface area contributed by atoms with Gasteiger partial charge in [-0.1, -0.05) is 63.2 Å². The van der Waals surface area contributed by atoms with Crippen molar-refractivity contribution < 1.29 is 13.2 Å². The Bertz CT molecular complexity index is 970. The van der Waals surface area contributed by atoms with Crippen LogP contribution in [0.1, 0.15) is 54.6 Å². The Balaban J connectivity index is 2.06. The highest BCUT2D eigenvalue weighted by Gasteiger charge is 2.31. The number of aryl methyl sites for hydroxylation is 1. The van der Waals surface area contributed by atoms with E-state index < -0.39 is 17.8 Å². The number of nitrogens with zero attached hydrogens (tertiary/aromatic N) is 1. The van der Waals surface area contributed by atoms with Gasteiger partial charge in [0.25, 0.3) is 0 Å². The predicted octanol–water partition coefficient (Wildman–Crippen LogP) is 6.91. The lowest BCUT2D eigenvalue weighted by molar-refractivity contribution is -0.137. The van der Waals surface area contributed by atoms with E-state index in [1.807, 2.05) is 43.3 Å². The summed E-state index contributed by atoms with van der Waals surface area (Å²) in [6.07, 6.45) is -2.72. The maximum Gasteiger partial charge on any atom is 0.416 e. The predicted molar refractivity (Wildman–Crippen MR) is 111 cm³/mol. The fraction of sp³-hybridized carbons (Fsp3) is 0.292. The second kappa shape index (κ2) is 7.90. The van der Waals surface area contributed by atoms with Crippen molar-refractivity contribution in [3.05, 3.63) is 94.7 Å². The molecule has 1 N–H and O–H groups in total. The van der Waals surface area contributed by atoms with Crippen LogP contribution in [0.25, 0.3) is 0 Å². The highest BCUT2D eigenvalue weighted by Crippen LogP contribution is 2.34. The zero-order valence-corrected chi connectivity index (χ0v) is 17.0. The fourth-order valence-corrected chi connectivity index (χ4v) is 3.20. The van der Waals surface area contributed by atoms with Crippen LogP contribution in [0.4, 0.5) is 19.0 Å². The summed E-state index contributed by atoms with van der Waals surface area (Å²) in [7, 11) is 0. The summed E-state index contributed by atoms with van der Waals surface area (Å²) in [5, 5.41) is 3.34. The number of pyridine rings is 1. The van der Waals surface area contributed by atoms with Gasteiger partial charge < -0.3 is 5.32 Å². The zero-order chi connectivity index (χ0) is 21.2. The van der Waals surface area contributed by atoms with Gasteiger partial charge in [0.15, 0.2) is 0 Å². The van der Waals surface area contributed by atoms with E-state index in [4.69, 9.17) is 0 Å². The molecule has 0 fully saturated rings. The van der Waals surface area contributed by atoms with E-state index in [-0.39, 0.29) is 5.41 Å². The van der Waals surface area contributed by atoms with Crippen molar-refractivity contribution in [2.75, 3.05) is 5.32 Å². The summed E-state index contributed by atoms with van der Waals surface area (Å²) in [5.41, 5.74) is 2.84. The second-order valence-electron chi connectivity index (χ2n) is 8.24. The molecule has 0 aliphatic heterocycles. The number of anilines is 1. The van der Waals surface area contributed by atoms with E-state index in [2.05, 4.69) is 31.1 Å². The molecule has 0 spiro atoms. The number of hydrogen-bond acceptors (Lipinski definition) is 2. The van der Waals surface area contributed by atoms with Gasteiger partial charge in [0, 0.05) is 6.20 Å². The molecule has 0 aliphatic rings. The number of hydrogen-bond donors (Lipinski definition) is 1. The van der Waals surface area contributed by atoms with Crippen LogP contribution >= 0.6 is 0 Å². The topological polar surface area (TPSA) is 24.9 Å². The molecule has 1 heterocycles. The van der Waals surface area contributed by atoms with Gasteiger partial charge in [-0.25, -0.2) is 4.98 Å². The molecular weight excluding hydrogens is 373 g/mol. The lowest BCUT2D eigenvalue weighted by Crippen LogP contribution is -2.16. The summed E-state index contributed by atoms with van der Waals surface area (Å²) in [6, 6.07) is 16.7. The van der Waals surface area contributed by atoms with E-state index >= 15 is 0 Å². The van der Waals surface area contributed by atoms with Crippen molar-refractivity contribution in [1.82, 2.24) is 4.98 Å². The van der Waals surface area contributed by atoms with Crippen molar-refractivity contribution in [2.45, 2.75) is 45.3 Å². The van der Waals surface area contributed by atoms with Crippen LogP contribution in [0.2, 0.25) is 0 Å². The zero-order valence-electron chi connectivity index (χ0n) is 17.0. The minimum Gasteiger partial charge on any atom is -0.359 e. The van der Waals surface area contributed by atoms with E-state index in [1.54, 1.807) is 12.3 Å². The minimum atomic E-state index is -4.39. The average molecular weight is 398 g/mol. The molecule has 0 amide bonds. The van der Waals surface area contributed by atoms with Crippen molar-refractivity contribution in [3.8, 4) is 0 Å². The summed E-state index contributed by atoms with van der Waals surface area (Å²) >= 11 is 0. The molecule has 2 nitrogen and oxygen atoms in total. The minimum absolute atomic E-state index is 0.00473. The Morgan fingerprint density at radius 1 is 0.828 bits per heavy atom. The van der Waals surface area contributed by atoms with Crippen molar-refractivity contribution in [3.63, 3.8) is 0 Å². The average Bonchev–Trinajstić information content (AvgIpc) is 2.66. The first kappa shape index (κ1) is 20.9. The van der Waals surface area contributed by atoms with Crippen LogP contribution in [-0.2, 0) is 11.6 Å². The second-order valence-corrected chi connectivity index (χ2v) is 8.24. The fourth-order valence-electron chi connectivity index (χ4n) is 3.20. The monoisotopic (exact) mass is 398 g/mol. The van der Waals surface area contributed by atoms with Crippen LogP contribution in [0.3, 0.4) is 0 Å². The van der Waals surface area contributed by atoms with Gasteiger partial charge in [-0.05, 0) is 52.8 Å². The number of rotatable bonds is 4. The van der Waals surface area contributed by atoms with Crippen LogP contribution in [0.15, 0.2) is 66.9 Å². The van der Waals surface area contributed by atoms with Gasteiger partial charge >= 0.3 is 6.18 Å². The normalized spacial score (nSPS) is 13.2. The summed E-state index contributed by atoms with van der Waals surface area (Å²) in [5.74, 6) is 0.648. The first-order valence-corrected chi connectivity index (χ1v) is 9.51. The first-order valence-electron chi connectivity index (χ1n) is 9.51. The van der Waals surface area contributed by atoms with Gasteiger partial charge in [-0.15, -0.1) is 0 Å². The van der Waals surface area contributed by atoms with Crippen molar-refractivity contribution in [1.29, 1.82) is 0 Å². The number of aromatic nitrogens is 1. The standard InChI is InChI=1S/C24H25F3N2/c1-16-7-6-14-28-22(16)29-21(17-10-12-19(13-11-17)23(2,3)4)18-8-5-9-20(15-18)24(25,26)27/h5-15,21H,1-4H3,(H,28,29). The molecule has 3 rings (SSSR count). The van der Waals surface area contributed by atoms with Gasteiger partial charge in [0.2, 0.25) is 0 Å². The van der Waals surface area contributed by atoms with Gasteiger partial charge in [0.05, 0.1) is 11.6 Å². The molecule has 1 aromatic heterocycles. The SMILES string of the molecule is Cc1cccnc1NC(c1ccc(C(C)(C)C)cc1)c1cccc(C(F)(F)F)c1. The molecule has 0 bridgehead atoms. The third-order valence-corrected chi connectivity index (χ3v) is 4.95. The van der Waals surface area contributed by atoms with E-state index in [0.717, 1.165) is 22.8 Å². The molecule has 29 heavy (non-hydrogen) atoms. The van der Waals surface area contributed by atoms with Crippen molar-refractivity contribution >= 4 is 5.82 Å². The molecule has 0 saturated carbocycles. The molecular formula is C24H25F3N2. The van der Waals surface area contributed by atoms with Gasteiger partial charge in [-0.3, -0.25) is 0 Å². The smallest absolute Gasteiger partial charge is 0.359 e. The molecule has 0 saturated heterocycles. The molecule has 0 aliphatic carbocycles. The quantitative estimate of drug-likeness (QED) is 0.517. The van der Waals surface area contributed by atoms with Crippen LogP contribution in [-0.4, -0.2) is 4.98 Å². The van der Waals surface area contributed by atoms with E-state index in [0.29, 0.717) is 11.4 Å². The van der Waals surface area contributed by atoms with Gasteiger partial charge in [0.1, 0.15) is 5.82 Å². The number of benzene rings is 2. The molecule has 1 unspecified atom stereocenters. The van der Waals surface area contributed by atoms with Crippen LogP contribution in [0, 0.1) is 6.92 Å². The Kier molecular flexibility index (Phi) is 5.69. The third-order valence-electron chi connectivity index (χ3n) is 4.95. The molecule has 5 heteroatoms. The molecule has 2 aromatic carbocycles. The highest BCUT2D eigenvalue weighted by molar-refractivity contribution is 5.50. The third kappa shape index (κ3) is 4.97. The van der Waals surface area contributed by atoms with Crippen LogP contribution < -0.4 is 5.32 Å². The Morgan fingerprint density at radius 3 is 2.10 bits per heavy atom. The molecule has 1 atom stereocenters. The van der Waals surface area contributed by atoms with E-state index in [9.17, 15) is 13.2 Å². The summed E-state index contributed by atoms with van der Waals surface area (Å²) in [4.78, 5) is 4.36. The summed E-state index contributed by atoms with van der Waals surface area (Å²) < 4.78 is 39.8. The maximum absolute atomic E-state index is 13.3. The Labute approximate surface area is 169 Å². The molecule has 0 radical (unpaired) electrons. The largest absolute Gasteiger partial charge is 0.416 e. The van der Waals surface area contributed by atoms with Crippen LogP contribution in [0.5, 0.6) is 0 Å². The number of halogens is 3. The Hall–Kier alpha value is -2.82. The number of nitrogens with one attached hydrogen (secondary N) is 1. The maximum atomic E-state index is 13.3. The lowest BCUT2D eigenvalue weighted by atomic mass is 9.85. The molecule has 152 valence electrons. The van der Waals surface area contributed by atoms with Gasteiger partial charge in [-0.2, -0.15) is 13.2 Å². The Morgan fingerprint density at radius 2 is 1.52 bits per heavy atom. The molecule has 3 aromatic rings. The summed E-state index contributed by atoms with van der Waals surface area (Å²) in [6.45, 7) is 8.30.